The molecule has 0 bridgehead atoms. The second-order valence-electron chi connectivity index (χ2n) is 5.26. The van der Waals surface area contributed by atoms with Crippen molar-refractivity contribution in [3.8, 4) is 11.5 Å². The number of benzene rings is 2. The molecule has 9 heteroatoms. The summed E-state index contributed by atoms with van der Waals surface area (Å²) in [6, 6.07) is 9.07. The molecule has 3 N–H and O–H groups in total. The van der Waals surface area contributed by atoms with Gasteiger partial charge in [-0.15, -0.1) is 0 Å². The number of hydrogen-bond acceptors (Lipinski definition) is 5. The number of amides is 2. The third-order valence-electron chi connectivity index (χ3n) is 3.28. The lowest BCUT2D eigenvalue weighted by Crippen LogP contribution is -2.34. The highest BCUT2D eigenvalue weighted by Gasteiger charge is 2.09. The highest BCUT2D eigenvalue weighted by molar-refractivity contribution is 6.42. The lowest BCUT2D eigenvalue weighted by atomic mass is 10.2. The van der Waals surface area contributed by atoms with Crippen molar-refractivity contribution in [3.63, 3.8) is 0 Å². The minimum Gasteiger partial charge on any atom is -0.504 e. The Morgan fingerprint density at radius 2 is 1.96 bits per heavy atom. The summed E-state index contributed by atoms with van der Waals surface area (Å²) in [6.07, 6.45) is 1.39. The maximum atomic E-state index is 12.0. The molecule has 142 valence electrons. The van der Waals surface area contributed by atoms with Crippen LogP contribution in [0.1, 0.15) is 22.8 Å². The van der Waals surface area contributed by atoms with Crippen LogP contribution in [-0.2, 0) is 4.79 Å². The number of rotatable bonds is 7. The molecule has 0 spiro atoms. The first-order chi connectivity index (χ1) is 12.9. The molecule has 0 aliphatic heterocycles. The van der Waals surface area contributed by atoms with Crippen LogP contribution < -0.4 is 15.5 Å². The zero-order valence-corrected chi connectivity index (χ0v) is 15.8. The molecule has 0 radical (unpaired) electrons. The van der Waals surface area contributed by atoms with Crippen molar-refractivity contribution in [2.24, 2.45) is 5.10 Å². The number of nitrogens with zero attached hydrogens (tertiary/aromatic N) is 1. The van der Waals surface area contributed by atoms with Crippen LogP contribution in [0.5, 0.6) is 11.5 Å². The average Bonchev–Trinajstić information content (AvgIpc) is 2.64. The molecule has 0 saturated carbocycles. The predicted molar refractivity (Wildman–Crippen MR) is 104 cm³/mol. The monoisotopic (exact) mass is 409 g/mol. The molecule has 0 fully saturated rings. The third kappa shape index (κ3) is 6.16. The standard InChI is InChI=1S/C18H17Cl2N3O4/c1-2-27-16-7-11(3-6-15(16)24)9-22-23-17(25)10-21-18(26)12-4-5-13(19)14(20)8-12/h3-9,24H,2,10H2,1H3,(H,21,26)(H,23,25)/b22-9-. The van der Waals surface area contributed by atoms with E-state index in [9.17, 15) is 14.7 Å². The Labute approximate surface area is 165 Å². The SMILES string of the molecule is CCOc1cc(/C=N\NC(=O)CNC(=O)c2ccc(Cl)c(Cl)c2)ccc1O. The number of nitrogens with one attached hydrogen (secondary N) is 2. The van der Waals surface area contributed by atoms with Gasteiger partial charge in [0.1, 0.15) is 0 Å². The van der Waals surface area contributed by atoms with Gasteiger partial charge in [0.15, 0.2) is 11.5 Å². The zero-order valence-electron chi connectivity index (χ0n) is 14.3. The highest BCUT2D eigenvalue weighted by atomic mass is 35.5. The Morgan fingerprint density at radius 1 is 1.19 bits per heavy atom. The van der Waals surface area contributed by atoms with Crippen molar-refractivity contribution in [3.05, 3.63) is 57.6 Å². The number of carbonyl (C=O) groups excluding carboxylic acids is 2. The fourth-order valence-corrected chi connectivity index (χ4v) is 2.30. The van der Waals surface area contributed by atoms with Crippen molar-refractivity contribution in [1.82, 2.24) is 10.7 Å². The van der Waals surface area contributed by atoms with E-state index in [0.717, 1.165) is 0 Å². The van der Waals surface area contributed by atoms with Gasteiger partial charge < -0.3 is 15.2 Å². The van der Waals surface area contributed by atoms with Crippen LogP contribution in [0.2, 0.25) is 10.0 Å². The summed E-state index contributed by atoms with van der Waals surface area (Å²) >= 11 is 11.6. The maximum absolute atomic E-state index is 12.0. The van der Waals surface area contributed by atoms with Gasteiger partial charge >= 0.3 is 0 Å². The molecule has 0 unspecified atom stereocenters. The maximum Gasteiger partial charge on any atom is 0.259 e. The van der Waals surface area contributed by atoms with E-state index in [4.69, 9.17) is 27.9 Å². The summed E-state index contributed by atoms with van der Waals surface area (Å²) < 4.78 is 5.26. The van der Waals surface area contributed by atoms with Crippen LogP contribution in [0.3, 0.4) is 0 Å². The molecule has 0 atom stereocenters. The molecule has 27 heavy (non-hydrogen) atoms. The van der Waals surface area contributed by atoms with Gasteiger partial charge in [0, 0.05) is 5.56 Å². The molecule has 2 amide bonds. The fraction of sp³-hybridized carbons (Fsp3) is 0.167. The van der Waals surface area contributed by atoms with E-state index in [0.29, 0.717) is 22.9 Å². The van der Waals surface area contributed by atoms with Gasteiger partial charge in [-0.1, -0.05) is 23.2 Å². The number of carbonyl (C=O) groups is 2. The molecule has 2 aromatic carbocycles. The van der Waals surface area contributed by atoms with Crippen molar-refractivity contribution in [1.29, 1.82) is 0 Å². The number of aromatic hydroxyl groups is 1. The molecular weight excluding hydrogens is 393 g/mol. The van der Waals surface area contributed by atoms with Gasteiger partial charge in [0.05, 0.1) is 29.4 Å². The quantitative estimate of drug-likeness (QED) is 0.483. The van der Waals surface area contributed by atoms with Crippen LogP contribution in [0.25, 0.3) is 0 Å². The summed E-state index contributed by atoms with van der Waals surface area (Å²) in [4.78, 5) is 23.7. The first-order valence-corrected chi connectivity index (χ1v) is 8.67. The first kappa shape index (κ1) is 20.5. The van der Waals surface area contributed by atoms with Crippen LogP contribution in [0.15, 0.2) is 41.5 Å². The van der Waals surface area contributed by atoms with Gasteiger partial charge in [-0.25, -0.2) is 5.43 Å². The number of phenolic OH excluding ortho intramolecular Hbond substituents is 1. The number of hydrogen-bond donors (Lipinski definition) is 3. The lowest BCUT2D eigenvalue weighted by molar-refractivity contribution is -0.120. The molecule has 0 heterocycles. The third-order valence-corrected chi connectivity index (χ3v) is 4.02. The van der Waals surface area contributed by atoms with E-state index >= 15 is 0 Å². The van der Waals surface area contributed by atoms with E-state index in [1.54, 1.807) is 19.1 Å². The van der Waals surface area contributed by atoms with Gasteiger partial charge in [-0.2, -0.15) is 5.10 Å². The summed E-state index contributed by atoms with van der Waals surface area (Å²) in [6.45, 7) is 1.94. The molecule has 0 saturated heterocycles. The summed E-state index contributed by atoms with van der Waals surface area (Å²) in [7, 11) is 0. The topological polar surface area (TPSA) is 100 Å². The Hall–Kier alpha value is -2.77. The van der Waals surface area contributed by atoms with Gasteiger partial charge in [-0.05, 0) is 48.9 Å². The number of ether oxygens (including phenoxy) is 1. The number of hydrazone groups is 1. The minimum absolute atomic E-state index is 0.0167. The first-order valence-electron chi connectivity index (χ1n) is 7.91. The van der Waals surface area contributed by atoms with Gasteiger partial charge in [0.2, 0.25) is 0 Å². The largest absolute Gasteiger partial charge is 0.504 e. The molecule has 0 aliphatic carbocycles. The number of halogens is 2. The minimum atomic E-state index is -0.511. The van der Waals surface area contributed by atoms with Crippen molar-refractivity contribution in [2.45, 2.75) is 6.92 Å². The predicted octanol–water partition coefficient (Wildman–Crippen LogP) is 2.98. The van der Waals surface area contributed by atoms with Crippen LogP contribution in [0, 0.1) is 0 Å². The highest BCUT2D eigenvalue weighted by Crippen LogP contribution is 2.26. The van der Waals surface area contributed by atoms with Gasteiger partial charge in [-0.3, -0.25) is 9.59 Å². The van der Waals surface area contributed by atoms with E-state index < -0.39 is 11.8 Å². The van der Waals surface area contributed by atoms with Crippen molar-refractivity contribution < 1.29 is 19.4 Å². The molecule has 2 rings (SSSR count). The smallest absolute Gasteiger partial charge is 0.259 e. The van der Waals surface area contributed by atoms with E-state index in [-0.39, 0.29) is 22.9 Å². The van der Waals surface area contributed by atoms with E-state index in [1.807, 2.05) is 0 Å². The number of phenols is 1. The fourth-order valence-electron chi connectivity index (χ4n) is 2.00. The normalized spacial score (nSPS) is 10.6. The molecule has 0 aliphatic rings. The van der Waals surface area contributed by atoms with Gasteiger partial charge in [0.25, 0.3) is 11.8 Å². The van der Waals surface area contributed by atoms with E-state index in [2.05, 4.69) is 15.8 Å². The van der Waals surface area contributed by atoms with Crippen molar-refractivity contribution in [2.75, 3.05) is 13.2 Å². The molecule has 2 aromatic rings. The summed E-state index contributed by atoms with van der Waals surface area (Å²) in [5.41, 5.74) is 3.20. The second-order valence-corrected chi connectivity index (χ2v) is 6.08. The van der Waals surface area contributed by atoms with Crippen LogP contribution >= 0.6 is 23.2 Å². The van der Waals surface area contributed by atoms with Crippen LogP contribution in [-0.4, -0.2) is 36.3 Å². The van der Waals surface area contributed by atoms with E-state index in [1.165, 1.54) is 30.5 Å². The summed E-state index contributed by atoms with van der Waals surface area (Å²) in [5, 5.41) is 16.5. The molecule has 7 nitrogen and oxygen atoms in total. The Bertz CT molecular complexity index is 872. The summed E-state index contributed by atoms with van der Waals surface area (Å²) in [5.74, 6) is -0.638. The average molecular weight is 410 g/mol. The Kier molecular flexibility index (Phi) is 7.45. The molecular formula is C18H17Cl2N3O4. The van der Waals surface area contributed by atoms with Crippen LogP contribution in [0.4, 0.5) is 0 Å². The molecule has 0 aromatic heterocycles. The lowest BCUT2D eigenvalue weighted by Gasteiger charge is -2.06. The Balaban J connectivity index is 1.85. The Morgan fingerprint density at radius 3 is 2.67 bits per heavy atom. The zero-order chi connectivity index (χ0) is 19.8. The second kappa shape index (κ2) is 9.80. The van der Waals surface area contributed by atoms with Crippen molar-refractivity contribution >= 4 is 41.2 Å².